The van der Waals surface area contributed by atoms with Crippen molar-refractivity contribution in [3.63, 3.8) is 0 Å². The Balaban J connectivity index is 2.22. The lowest BCUT2D eigenvalue weighted by Gasteiger charge is -2.09. The van der Waals surface area contributed by atoms with Gasteiger partial charge in [0.1, 0.15) is 0 Å². The van der Waals surface area contributed by atoms with E-state index >= 15 is 0 Å². The fourth-order valence-corrected chi connectivity index (χ4v) is 1.62. The molecule has 0 bridgehead atoms. The molecule has 0 saturated heterocycles. The molecule has 17 heavy (non-hydrogen) atoms. The molecule has 0 unspecified atom stereocenters. The fourth-order valence-electron chi connectivity index (χ4n) is 1.62. The quantitative estimate of drug-likeness (QED) is 0.797. The maximum Gasteiger partial charge on any atom is 0.152 e. The molecule has 1 heterocycles. The highest BCUT2D eigenvalue weighted by molar-refractivity contribution is 5.73. The summed E-state index contributed by atoms with van der Waals surface area (Å²) in [5.74, 6) is 0.816. The van der Waals surface area contributed by atoms with Crippen LogP contribution in [0.2, 0.25) is 0 Å². The predicted molar refractivity (Wildman–Crippen MR) is 71.5 cm³/mol. The molecule has 90 valence electrons. The van der Waals surface area contributed by atoms with Crippen molar-refractivity contribution in [3.8, 4) is 0 Å². The van der Waals surface area contributed by atoms with E-state index in [-0.39, 0.29) is 0 Å². The third-order valence-corrected chi connectivity index (χ3v) is 2.72. The first-order valence-corrected chi connectivity index (χ1v) is 5.75. The molecule has 1 aromatic carbocycles. The van der Waals surface area contributed by atoms with Gasteiger partial charge >= 0.3 is 0 Å². The van der Waals surface area contributed by atoms with Crippen LogP contribution in [0.4, 0.5) is 17.2 Å². The van der Waals surface area contributed by atoms with E-state index in [4.69, 9.17) is 5.73 Å². The van der Waals surface area contributed by atoms with Crippen molar-refractivity contribution in [1.82, 2.24) is 9.78 Å². The normalized spacial score (nSPS) is 10.8. The van der Waals surface area contributed by atoms with Gasteiger partial charge < -0.3 is 11.1 Å². The molecule has 0 saturated carbocycles. The van der Waals surface area contributed by atoms with Crippen LogP contribution >= 0.6 is 0 Å². The van der Waals surface area contributed by atoms with Crippen LogP contribution in [-0.4, -0.2) is 9.78 Å². The molecule has 3 N–H and O–H groups in total. The van der Waals surface area contributed by atoms with Gasteiger partial charge in [0.2, 0.25) is 0 Å². The second kappa shape index (κ2) is 4.49. The van der Waals surface area contributed by atoms with Gasteiger partial charge in [-0.1, -0.05) is 12.1 Å². The Morgan fingerprint density at radius 1 is 1.29 bits per heavy atom. The molecule has 4 nitrogen and oxygen atoms in total. The van der Waals surface area contributed by atoms with E-state index in [1.807, 2.05) is 42.1 Å². The highest BCUT2D eigenvalue weighted by Gasteiger charge is 2.05. The highest BCUT2D eigenvalue weighted by atomic mass is 15.3. The Morgan fingerprint density at radius 3 is 2.71 bits per heavy atom. The third-order valence-electron chi connectivity index (χ3n) is 2.72. The first-order valence-electron chi connectivity index (χ1n) is 5.75. The molecule has 0 amide bonds. The van der Waals surface area contributed by atoms with E-state index < -0.39 is 0 Å². The second-order valence-electron chi connectivity index (χ2n) is 4.44. The third kappa shape index (κ3) is 2.41. The Kier molecular flexibility index (Phi) is 3.04. The number of nitrogens with zero attached hydrogens (tertiary/aromatic N) is 2. The zero-order valence-corrected chi connectivity index (χ0v) is 10.4. The smallest absolute Gasteiger partial charge is 0.152 e. The van der Waals surface area contributed by atoms with Gasteiger partial charge in [-0.2, -0.15) is 5.10 Å². The number of hydrogen-bond donors (Lipinski definition) is 2. The van der Waals surface area contributed by atoms with Crippen molar-refractivity contribution >= 4 is 17.2 Å². The lowest BCUT2D eigenvalue weighted by atomic mass is 10.2. The number of nitrogens with two attached hydrogens (primary N) is 1. The van der Waals surface area contributed by atoms with Crippen molar-refractivity contribution in [2.75, 3.05) is 11.1 Å². The standard InChI is InChI=1S/C13H18N4/c1-9(2)17-8-7-12(16-17)15-11-6-4-5-10(3)13(11)14/h4-9H,14H2,1-3H3,(H,15,16). The van der Waals surface area contributed by atoms with Gasteiger partial charge in [0, 0.05) is 18.3 Å². The molecule has 2 aromatic rings. The first-order chi connectivity index (χ1) is 8.08. The molecule has 0 atom stereocenters. The van der Waals surface area contributed by atoms with Gasteiger partial charge in [0.05, 0.1) is 11.4 Å². The number of para-hydroxylation sites is 1. The number of hydrogen-bond acceptors (Lipinski definition) is 3. The summed E-state index contributed by atoms with van der Waals surface area (Å²) in [4.78, 5) is 0. The number of rotatable bonds is 3. The van der Waals surface area contributed by atoms with E-state index in [9.17, 15) is 0 Å². The van der Waals surface area contributed by atoms with Crippen LogP contribution in [0, 0.1) is 6.92 Å². The van der Waals surface area contributed by atoms with Crippen molar-refractivity contribution < 1.29 is 0 Å². The predicted octanol–water partition coefficient (Wildman–Crippen LogP) is 3.10. The number of aromatic nitrogens is 2. The van der Waals surface area contributed by atoms with Crippen LogP contribution in [0.15, 0.2) is 30.5 Å². The summed E-state index contributed by atoms with van der Waals surface area (Å²) in [5, 5.41) is 7.66. The minimum absolute atomic E-state index is 0.361. The fraction of sp³-hybridized carbons (Fsp3) is 0.308. The van der Waals surface area contributed by atoms with Crippen molar-refractivity contribution in [2.45, 2.75) is 26.8 Å². The SMILES string of the molecule is Cc1cccc(Nc2ccn(C(C)C)n2)c1N. The molecule has 0 aliphatic rings. The van der Waals surface area contributed by atoms with Gasteiger partial charge in [-0.05, 0) is 32.4 Å². The maximum absolute atomic E-state index is 6.00. The molecule has 1 aromatic heterocycles. The Hall–Kier alpha value is -1.97. The van der Waals surface area contributed by atoms with Crippen LogP contribution in [0.3, 0.4) is 0 Å². The number of benzene rings is 1. The number of anilines is 3. The largest absolute Gasteiger partial charge is 0.397 e. The van der Waals surface area contributed by atoms with Crippen LogP contribution < -0.4 is 11.1 Å². The summed E-state index contributed by atoms with van der Waals surface area (Å²) in [6.07, 6.45) is 1.96. The molecule has 0 fully saturated rings. The Bertz CT molecular complexity index is 514. The lowest BCUT2D eigenvalue weighted by molar-refractivity contribution is 0.534. The monoisotopic (exact) mass is 230 g/mol. The van der Waals surface area contributed by atoms with Crippen LogP contribution in [-0.2, 0) is 0 Å². The topological polar surface area (TPSA) is 55.9 Å². The summed E-state index contributed by atoms with van der Waals surface area (Å²) in [6.45, 7) is 6.18. The van der Waals surface area contributed by atoms with Gasteiger partial charge in [0.25, 0.3) is 0 Å². The minimum atomic E-state index is 0.361. The van der Waals surface area contributed by atoms with E-state index in [0.29, 0.717) is 6.04 Å². The van der Waals surface area contributed by atoms with E-state index in [1.54, 1.807) is 0 Å². The zero-order valence-electron chi connectivity index (χ0n) is 10.4. The zero-order chi connectivity index (χ0) is 12.4. The van der Waals surface area contributed by atoms with Gasteiger partial charge in [-0.25, -0.2) is 0 Å². The molecule has 0 aliphatic carbocycles. The van der Waals surface area contributed by atoms with Crippen molar-refractivity contribution in [3.05, 3.63) is 36.0 Å². The summed E-state index contributed by atoms with van der Waals surface area (Å²) >= 11 is 0. The van der Waals surface area contributed by atoms with Crippen LogP contribution in [0.1, 0.15) is 25.5 Å². The Morgan fingerprint density at radius 2 is 2.06 bits per heavy atom. The van der Waals surface area contributed by atoms with Gasteiger partial charge in [0.15, 0.2) is 5.82 Å². The average Bonchev–Trinajstić information content (AvgIpc) is 2.73. The summed E-state index contributed by atoms with van der Waals surface area (Å²) in [7, 11) is 0. The summed E-state index contributed by atoms with van der Waals surface area (Å²) < 4.78 is 1.91. The molecule has 2 rings (SSSR count). The lowest BCUT2D eigenvalue weighted by Crippen LogP contribution is -2.03. The summed E-state index contributed by atoms with van der Waals surface area (Å²) in [5.41, 5.74) is 8.74. The second-order valence-corrected chi connectivity index (χ2v) is 4.44. The number of nitrogens with one attached hydrogen (secondary N) is 1. The molecule has 4 heteroatoms. The molecule has 0 radical (unpaired) electrons. The van der Waals surface area contributed by atoms with E-state index in [2.05, 4.69) is 24.3 Å². The highest BCUT2D eigenvalue weighted by Crippen LogP contribution is 2.25. The van der Waals surface area contributed by atoms with E-state index in [0.717, 1.165) is 22.8 Å². The summed E-state index contributed by atoms with van der Waals surface area (Å²) in [6, 6.07) is 8.24. The minimum Gasteiger partial charge on any atom is -0.397 e. The Labute approximate surface area is 101 Å². The van der Waals surface area contributed by atoms with Gasteiger partial charge in [-0.3, -0.25) is 4.68 Å². The number of aryl methyl sites for hydroxylation is 1. The van der Waals surface area contributed by atoms with Crippen molar-refractivity contribution in [2.24, 2.45) is 0 Å². The van der Waals surface area contributed by atoms with Crippen molar-refractivity contribution in [1.29, 1.82) is 0 Å². The van der Waals surface area contributed by atoms with E-state index in [1.165, 1.54) is 0 Å². The maximum atomic E-state index is 6.00. The van der Waals surface area contributed by atoms with Crippen LogP contribution in [0.5, 0.6) is 0 Å². The molecular formula is C13H18N4. The van der Waals surface area contributed by atoms with Crippen LogP contribution in [0.25, 0.3) is 0 Å². The first kappa shape index (κ1) is 11.5. The molecule has 0 spiro atoms. The molecule has 0 aliphatic heterocycles. The number of nitrogen functional groups attached to an aromatic ring is 1. The molecular weight excluding hydrogens is 212 g/mol. The van der Waals surface area contributed by atoms with Gasteiger partial charge in [-0.15, -0.1) is 0 Å². The average molecular weight is 230 g/mol.